The molecule has 1 heterocycles. The molecule has 0 fully saturated rings. The minimum Gasteiger partial charge on any atom is -0.248 e. The monoisotopic (exact) mass is 135 g/mol. The first kappa shape index (κ1) is 5.01. The SMILES string of the molecule is c1ccc2[pH]ncc2c1. The zero-order chi connectivity index (χ0) is 6.10. The summed E-state index contributed by atoms with van der Waals surface area (Å²) in [5.74, 6) is 0. The van der Waals surface area contributed by atoms with Gasteiger partial charge in [0.05, 0.1) is 0 Å². The summed E-state index contributed by atoms with van der Waals surface area (Å²) in [5, 5.41) is 2.66. The maximum atomic E-state index is 4.15. The van der Waals surface area contributed by atoms with E-state index in [9.17, 15) is 0 Å². The van der Waals surface area contributed by atoms with Crippen molar-refractivity contribution in [1.82, 2.24) is 4.75 Å². The molecule has 2 heteroatoms. The Kier molecular flexibility index (Phi) is 1.03. The molecular weight excluding hydrogens is 129 g/mol. The second-order valence-corrected chi connectivity index (χ2v) is 2.98. The lowest BCUT2D eigenvalue weighted by atomic mass is 10.3. The molecule has 0 aliphatic heterocycles. The van der Waals surface area contributed by atoms with E-state index in [-0.39, 0.29) is 0 Å². The molecule has 9 heavy (non-hydrogen) atoms. The molecule has 0 radical (unpaired) electrons. The lowest BCUT2D eigenvalue weighted by molar-refractivity contribution is 1.61. The Balaban J connectivity index is 2.95. The molecule has 1 atom stereocenters. The molecular formula is C7H6NP. The van der Waals surface area contributed by atoms with Crippen LogP contribution in [0, 0.1) is 0 Å². The molecule has 2 aromatic rings. The molecule has 0 saturated heterocycles. The zero-order valence-corrected chi connectivity index (χ0v) is 5.83. The Morgan fingerprint density at radius 3 is 3.00 bits per heavy atom. The van der Waals surface area contributed by atoms with Crippen LogP contribution in [0.4, 0.5) is 0 Å². The molecule has 0 N–H and O–H groups in total. The minimum absolute atomic E-state index is 0.649. The Bertz CT molecular complexity index is 283. The highest BCUT2D eigenvalue weighted by molar-refractivity contribution is 7.32. The smallest absolute Gasteiger partial charge is 0.0388 e. The molecule has 0 aliphatic carbocycles. The number of nitrogens with zero attached hydrogens (tertiary/aromatic N) is 1. The number of rotatable bonds is 0. The first-order valence-electron chi connectivity index (χ1n) is 2.85. The van der Waals surface area contributed by atoms with E-state index in [4.69, 9.17) is 0 Å². The van der Waals surface area contributed by atoms with Gasteiger partial charge < -0.3 is 0 Å². The van der Waals surface area contributed by atoms with Gasteiger partial charge in [-0.3, -0.25) is 0 Å². The molecule has 1 aromatic carbocycles. The quantitative estimate of drug-likeness (QED) is 0.540. The van der Waals surface area contributed by atoms with Crippen LogP contribution >= 0.6 is 8.35 Å². The normalized spacial score (nSPS) is 11.1. The average molecular weight is 135 g/mol. The van der Waals surface area contributed by atoms with Crippen LogP contribution < -0.4 is 0 Å². The summed E-state index contributed by atoms with van der Waals surface area (Å²) in [7, 11) is 0.649. The average Bonchev–Trinajstić information content (AvgIpc) is 2.33. The van der Waals surface area contributed by atoms with Gasteiger partial charge in [-0.05, 0) is 14.4 Å². The van der Waals surface area contributed by atoms with E-state index in [0.717, 1.165) is 0 Å². The third kappa shape index (κ3) is 0.739. The summed E-state index contributed by atoms with van der Waals surface area (Å²) < 4.78 is 4.15. The second kappa shape index (κ2) is 1.85. The highest BCUT2D eigenvalue weighted by atomic mass is 31.0. The molecule has 0 bridgehead atoms. The predicted octanol–water partition coefficient (Wildman–Crippen LogP) is 2.27. The van der Waals surface area contributed by atoms with E-state index in [1.807, 2.05) is 12.3 Å². The zero-order valence-electron chi connectivity index (χ0n) is 4.83. The standard InChI is InChI=1S/C7H6NP/c1-2-4-7-6(3-1)5-8-9-7/h1-5,9H. The molecule has 1 unspecified atom stereocenters. The molecule has 1 aromatic heterocycles. The van der Waals surface area contributed by atoms with E-state index >= 15 is 0 Å². The van der Waals surface area contributed by atoms with Crippen LogP contribution in [0.5, 0.6) is 0 Å². The van der Waals surface area contributed by atoms with Gasteiger partial charge in [-0.15, -0.1) is 0 Å². The largest absolute Gasteiger partial charge is 0.248 e. The van der Waals surface area contributed by atoms with Crippen molar-refractivity contribution in [2.24, 2.45) is 0 Å². The summed E-state index contributed by atoms with van der Waals surface area (Å²) in [6.45, 7) is 0. The molecule has 0 saturated carbocycles. The third-order valence-corrected chi connectivity index (χ3v) is 2.30. The summed E-state index contributed by atoms with van der Waals surface area (Å²) >= 11 is 0. The predicted molar refractivity (Wildman–Crippen MR) is 41.2 cm³/mol. The second-order valence-electron chi connectivity index (χ2n) is 1.96. The van der Waals surface area contributed by atoms with E-state index in [2.05, 4.69) is 22.9 Å². The summed E-state index contributed by atoms with van der Waals surface area (Å²) in [4.78, 5) is 0. The number of benzene rings is 1. The van der Waals surface area contributed by atoms with Crippen molar-refractivity contribution in [3.63, 3.8) is 0 Å². The molecule has 0 spiro atoms. The van der Waals surface area contributed by atoms with Crippen molar-refractivity contribution in [3.8, 4) is 0 Å². The van der Waals surface area contributed by atoms with Gasteiger partial charge >= 0.3 is 0 Å². The Labute approximate surface area is 54.9 Å². The Morgan fingerprint density at radius 2 is 2.11 bits per heavy atom. The van der Waals surface area contributed by atoms with Crippen LogP contribution in [0.15, 0.2) is 30.5 Å². The fourth-order valence-electron chi connectivity index (χ4n) is 0.883. The minimum atomic E-state index is 0.649. The number of fused-ring (bicyclic) bond motifs is 1. The fourth-order valence-corrected chi connectivity index (χ4v) is 1.67. The molecule has 0 amide bonds. The maximum Gasteiger partial charge on any atom is 0.0388 e. The van der Waals surface area contributed by atoms with Gasteiger partial charge in [-0.1, -0.05) is 18.2 Å². The number of hydrogen-bond acceptors (Lipinski definition) is 1. The van der Waals surface area contributed by atoms with Gasteiger partial charge in [0, 0.05) is 16.7 Å². The summed E-state index contributed by atoms with van der Waals surface area (Å²) in [6, 6.07) is 8.32. The van der Waals surface area contributed by atoms with Crippen molar-refractivity contribution >= 4 is 18.9 Å². The van der Waals surface area contributed by atoms with E-state index < -0.39 is 0 Å². The van der Waals surface area contributed by atoms with Gasteiger partial charge in [0.1, 0.15) is 0 Å². The number of aromatic nitrogens is 1. The first-order chi connectivity index (χ1) is 4.47. The topological polar surface area (TPSA) is 12.9 Å². The van der Waals surface area contributed by atoms with Gasteiger partial charge in [0.2, 0.25) is 0 Å². The maximum absolute atomic E-state index is 4.15. The van der Waals surface area contributed by atoms with Gasteiger partial charge in [-0.25, -0.2) is 4.75 Å². The number of hydrogen-bond donors (Lipinski definition) is 0. The van der Waals surface area contributed by atoms with Gasteiger partial charge in [0.25, 0.3) is 0 Å². The van der Waals surface area contributed by atoms with Crippen molar-refractivity contribution < 1.29 is 0 Å². The lowest BCUT2D eigenvalue weighted by Crippen LogP contribution is -1.56. The summed E-state index contributed by atoms with van der Waals surface area (Å²) in [5.41, 5.74) is 0. The molecule has 1 nitrogen and oxygen atoms in total. The van der Waals surface area contributed by atoms with Crippen LogP contribution in [0.1, 0.15) is 0 Å². The van der Waals surface area contributed by atoms with E-state index in [1.54, 1.807) is 0 Å². The van der Waals surface area contributed by atoms with Gasteiger partial charge in [-0.2, -0.15) is 0 Å². The first-order valence-corrected chi connectivity index (χ1v) is 3.80. The fraction of sp³-hybridized carbons (Fsp3) is 0. The van der Waals surface area contributed by atoms with Crippen LogP contribution in [0.3, 0.4) is 0 Å². The third-order valence-electron chi connectivity index (χ3n) is 1.35. The van der Waals surface area contributed by atoms with Crippen molar-refractivity contribution in [2.75, 3.05) is 0 Å². The Hall–Kier alpha value is -0.810. The van der Waals surface area contributed by atoms with Crippen LogP contribution in [0.2, 0.25) is 0 Å². The van der Waals surface area contributed by atoms with Crippen LogP contribution in [-0.2, 0) is 0 Å². The highest BCUT2D eigenvalue weighted by Crippen LogP contribution is 2.19. The molecule has 0 aliphatic rings. The molecule has 44 valence electrons. The van der Waals surface area contributed by atoms with Gasteiger partial charge in [0.15, 0.2) is 0 Å². The highest BCUT2D eigenvalue weighted by Gasteiger charge is 1.88. The lowest BCUT2D eigenvalue weighted by Gasteiger charge is -1.81. The van der Waals surface area contributed by atoms with Crippen LogP contribution in [-0.4, -0.2) is 4.75 Å². The molecule has 2 rings (SSSR count). The van der Waals surface area contributed by atoms with Crippen molar-refractivity contribution in [3.05, 3.63) is 30.5 Å². The van der Waals surface area contributed by atoms with Crippen molar-refractivity contribution in [2.45, 2.75) is 0 Å². The van der Waals surface area contributed by atoms with Crippen LogP contribution in [0.25, 0.3) is 10.5 Å². The Morgan fingerprint density at radius 1 is 1.22 bits per heavy atom. The van der Waals surface area contributed by atoms with E-state index in [1.165, 1.54) is 10.5 Å². The van der Waals surface area contributed by atoms with E-state index in [0.29, 0.717) is 8.35 Å². The van der Waals surface area contributed by atoms with Crippen molar-refractivity contribution in [1.29, 1.82) is 0 Å². The summed E-state index contributed by atoms with van der Waals surface area (Å²) in [6.07, 6.45) is 1.94.